The quantitative estimate of drug-likeness (QED) is 0.848. The normalized spacial score (nSPS) is 18.8. The molecule has 0 bridgehead atoms. The van der Waals surface area contributed by atoms with E-state index < -0.39 is 0 Å². The summed E-state index contributed by atoms with van der Waals surface area (Å²) in [6.07, 6.45) is 1.16. The van der Waals surface area contributed by atoms with Crippen LogP contribution >= 0.6 is 0 Å². The van der Waals surface area contributed by atoms with E-state index in [1.54, 1.807) is 0 Å². The number of fused-ring (bicyclic) bond motifs is 1. The van der Waals surface area contributed by atoms with Gasteiger partial charge in [-0.3, -0.25) is 4.90 Å². The zero-order valence-corrected chi connectivity index (χ0v) is 11.2. The van der Waals surface area contributed by atoms with E-state index in [1.165, 1.54) is 11.1 Å². The third-order valence-corrected chi connectivity index (χ3v) is 3.78. The van der Waals surface area contributed by atoms with Gasteiger partial charge in [0.2, 0.25) is 0 Å². The standard InChI is InChI=1S/C15H24N2/c1-15(2,3)14(16)11-17-9-8-12-6-4-5-7-13(12)10-17/h4-7,14H,8-11,16H2,1-3H3/t14-/m0/s1. The van der Waals surface area contributed by atoms with Crippen LogP contribution in [0.2, 0.25) is 0 Å². The molecule has 2 nitrogen and oxygen atoms in total. The molecular weight excluding hydrogens is 208 g/mol. The predicted molar refractivity (Wildman–Crippen MR) is 72.9 cm³/mol. The summed E-state index contributed by atoms with van der Waals surface area (Å²) < 4.78 is 0. The molecule has 0 radical (unpaired) electrons. The van der Waals surface area contributed by atoms with Crippen molar-refractivity contribution in [3.63, 3.8) is 0 Å². The summed E-state index contributed by atoms with van der Waals surface area (Å²) in [6, 6.07) is 9.00. The monoisotopic (exact) mass is 232 g/mol. The van der Waals surface area contributed by atoms with E-state index in [-0.39, 0.29) is 11.5 Å². The first kappa shape index (κ1) is 12.6. The van der Waals surface area contributed by atoms with E-state index in [4.69, 9.17) is 5.73 Å². The Bertz CT molecular complexity index is 379. The Kier molecular flexibility index (Phi) is 3.55. The van der Waals surface area contributed by atoms with Gasteiger partial charge in [-0.25, -0.2) is 0 Å². The Morgan fingerprint density at radius 1 is 1.24 bits per heavy atom. The fourth-order valence-electron chi connectivity index (χ4n) is 2.26. The van der Waals surface area contributed by atoms with Crippen LogP contribution in [0.15, 0.2) is 24.3 Å². The minimum atomic E-state index is 0.191. The highest BCUT2D eigenvalue weighted by molar-refractivity contribution is 5.29. The van der Waals surface area contributed by atoms with Gasteiger partial charge in [0, 0.05) is 25.7 Å². The second-order valence-electron chi connectivity index (χ2n) is 6.23. The van der Waals surface area contributed by atoms with Crippen molar-refractivity contribution in [1.82, 2.24) is 4.90 Å². The highest BCUT2D eigenvalue weighted by atomic mass is 15.1. The zero-order valence-electron chi connectivity index (χ0n) is 11.2. The van der Waals surface area contributed by atoms with Crippen LogP contribution in [0.1, 0.15) is 31.9 Å². The molecule has 94 valence electrons. The van der Waals surface area contributed by atoms with Gasteiger partial charge in [0.05, 0.1) is 0 Å². The Balaban J connectivity index is 1.99. The van der Waals surface area contributed by atoms with E-state index in [1.807, 2.05) is 0 Å². The number of rotatable bonds is 2. The van der Waals surface area contributed by atoms with Crippen molar-refractivity contribution in [3.05, 3.63) is 35.4 Å². The van der Waals surface area contributed by atoms with Crippen LogP contribution < -0.4 is 5.73 Å². The fraction of sp³-hybridized carbons (Fsp3) is 0.600. The van der Waals surface area contributed by atoms with Crippen molar-refractivity contribution < 1.29 is 0 Å². The van der Waals surface area contributed by atoms with Crippen LogP contribution in [0, 0.1) is 5.41 Å². The van der Waals surface area contributed by atoms with Crippen molar-refractivity contribution in [2.24, 2.45) is 11.1 Å². The van der Waals surface area contributed by atoms with Gasteiger partial charge in [0.25, 0.3) is 0 Å². The summed E-state index contributed by atoms with van der Waals surface area (Å²) in [6.45, 7) is 9.85. The highest BCUT2D eigenvalue weighted by Gasteiger charge is 2.24. The third-order valence-electron chi connectivity index (χ3n) is 3.78. The van der Waals surface area contributed by atoms with Gasteiger partial charge < -0.3 is 5.73 Å². The van der Waals surface area contributed by atoms with Gasteiger partial charge in [-0.1, -0.05) is 45.0 Å². The maximum Gasteiger partial charge on any atom is 0.0237 e. The van der Waals surface area contributed by atoms with E-state index in [0.717, 1.165) is 26.1 Å². The smallest absolute Gasteiger partial charge is 0.0237 e. The van der Waals surface area contributed by atoms with Gasteiger partial charge >= 0.3 is 0 Å². The minimum absolute atomic E-state index is 0.191. The van der Waals surface area contributed by atoms with E-state index >= 15 is 0 Å². The molecule has 1 aliphatic heterocycles. The van der Waals surface area contributed by atoms with Crippen molar-refractivity contribution in [3.8, 4) is 0 Å². The SMILES string of the molecule is CC(C)(C)[C@@H](N)CN1CCc2ccccc2C1. The van der Waals surface area contributed by atoms with E-state index in [0.29, 0.717) is 0 Å². The van der Waals surface area contributed by atoms with E-state index in [9.17, 15) is 0 Å². The molecule has 0 saturated carbocycles. The lowest BCUT2D eigenvalue weighted by Crippen LogP contribution is -2.46. The number of nitrogens with two attached hydrogens (primary N) is 1. The highest BCUT2D eigenvalue weighted by Crippen LogP contribution is 2.22. The maximum absolute atomic E-state index is 6.26. The molecule has 0 spiro atoms. The lowest BCUT2D eigenvalue weighted by atomic mass is 9.86. The van der Waals surface area contributed by atoms with E-state index in [2.05, 4.69) is 49.9 Å². The zero-order chi connectivity index (χ0) is 12.5. The Labute approximate surface area is 105 Å². The molecular formula is C15H24N2. The molecule has 1 aliphatic rings. The maximum atomic E-state index is 6.26. The Morgan fingerprint density at radius 2 is 1.88 bits per heavy atom. The first-order valence-corrected chi connectivity index (χ1v) is 6.51. The van der Waals surface area contributed by atoms with Gasteiger partial charge in [0.15, 0.2) is 0 Å². The van der Waals surface area contributed by atoms with Crippen molar-refractivity contribution in [2.75, 3.05) is 13.1 Å². The largest absolute Gasteiger partial charge is 0.326 e. The molecule has 0 aromatic heterocycles. The molecule has 2 heteroatoms. The van der Waals surface area contributed by atoms with Crippen LogP contribution in [-0.4, -0.2) is 24.0 Å². The molecule has 1 atom stereocenters. The summed E-state index contributed by atoms with van der Waals surface area (Å²) in [5.41, 5.74) is 9.43. The molecule has 0 unspecified atom stereocenters. The summed E-state index contributed by atoms with van der Waals surface area (Å²) in [4.78, 5) is 2.48. The van der Waals surface area contributed by atoms with Crippen LogP contribution in [0.25, 0.3) is 0 Å². The molecule has 17 heavy (non-hydrogen) atoms. The molecule has 2 rings (SSSR count). The second kappa shape index (κ2) is 4.79. The van der Waals surface area contributed by atoms with Gasteiger partial charge in [-0.05, 0) is 23.0 Å². The first-order valence-electron chi connectivity index (χ1n) is 6.51. The number of benzene rings is 1. The molecule has 0 aliphatic carbocycles. The average Bonchev–Trinajstić information content (AvgIpc) is 2.27. The summed E-state index contributed by atoms with van der Waals surface area (Å²) >= 11 is 0. The second-order valence-corrected chi connectivity index (χ2v) is 6.23. The molecule has 0 fully saturated rings. The number of hydrogen-bond donors (Lipinski definition) is 1. The van der Waals surface area contributed by atoms with Gasteiger partial charge in [-0.2, -0.15) is 0 Å². The Hall–Kier alpha value is -0.860. The van der Waals surface area contributed by atoms with Crippen LogP contribution in [0.4, 0.5) is 0 Å². The lowest BCUT2D eigenvalue weighted by molar-refractivity contribution is 0.186. The van der Waals surface area contributed by atoms with Crippen molar-refractivity contribution in [1.29, 1.82) is 0 Å². The van der Waals surface area contributed by atoms with Crippen LogP contribution in [0.5, 0.6) is 0 Å². The summed E-state index contributed by atoms with van der Waals surface area (Å²) in [5.74, 6) is 0. The van der Waals surface area contributed by atoms with Crippen molar-refractivity contribution >= 4 is 0 Å². The summed E-state index contributed by atoms with van der Waals surface area (Å²) in [5, 5.41) is 0. The van der Waals surface area contributed by atoms with Gasteiger partial charge in [0.1, 0.15) is 0 Å². The molecule has 0 amide bonds. The molecule has 2 N–H and O–H groups in total. The molecule has 1 aromatic carbocycles. The van der Waals surface area contributed by atoms with Crippen molar-refractivity contribution in [2.45, 2.75) is 39.8 Å². The minimum Gasteiger partial charge on any atom is -0.326 e. The fourth-order valence-corrected chi connectivity index (χ4v) is 2.26. The van der Waals surface area contributed by atoms with Crippen LogP contribution in [-0.2, 0) is 13.0 Å². The number of nitrogens with zero attached hydrogens (tertiary/aromatic N) is 1. The third kappa shape index (κ3) is 3.08. The molecule has 1 aromatic rings. The lowest BCUT2D eigenvalue weighted by Gasteiger charge is -2.35. The molecule has 1 heterocycles. The average molecular weight is 232 g/mol. The van der Waals surface area contributed by atoms with Gasteiger partial charge in [-0.15, -0.1) is 0 Å². The molecule has 0 saturated heterocycles. The first-order chi connectivity index (χ1) is 7.97. The Morgan fingerprint density at radius 3 is 2.53 bits per heavy atom. The predicted octanol–water partition coefficient (Wildman–Crippen LogP) is 2.42. The topological polar surface area (TPSA) is 29.3 Å². The number of hydrogen-bond acceptors (Lipinski definition) is 2. The summed E-state index contributed by atoms with van der Waals surface area (Å²) in [7, 11) is 0. The van der Waals surface area contributed by atoms with Crippen LogP contribution in [0.3, 0.4) is 0 Å².